The maximum Gasteiger partial charge on any atom is 0.265 e. The van der Waals surface area contributed by atoms with Crippen LogP contribution < -0.4 is 20.1 Å². The molecule has 1 aliphatic heterocycles. The van der Waals surface area contributed by atoms with Crippen molar-refractivity contribution in [2.75, 3.05) is 18.5 Å². The molecule has 0 unspecified atom stereocenters. The minimum absolute atomic E-state index is 0.251. The van der Waals surface area contributed by atoms with Gasteiger partial charge >= 0.3 is 0 Å². The highest BCUT2D eigenvalue weighted by atomic mass is 35.5. The third-order valence-electron chi connectivity index (χ3n) is 4.27. The summed E-state index contributed by atoms with van der Waals surface area (Å²) in [7, 11) is 0. The van der Waals surface area contributed by atoms with Crippen LogP contribution >= 0.6 is 22.9 Å². The monoisotopic (exact) mass is 428 g/mol. The minimum Gasteiger partial charge on any atom is -0.486 e. The summed E-state index contributed by atoms with van der Waals surface area (Å²) in [4.78, 5) is 25.6. The van der Waals surface area contributed by atoms with Gasteiger partial charge in [0.2, 0.25) is 0 Å². The molecule has 29 heavy (non-hydrogen) atoms. The second-order valence-corrected chi connectivity index (χ2v) is 7.62. The van der Waals surface area contributed by atoms with Gasteiger partial charge in [-0.1, -0.05) is 29.8 Å². The number of carbonyl (C=O) groups is 2. The van der Waals surface area contributed by atoms with Gasteiger partial charge < -0.3 is 20.1 Å². The Morgan fingerprint density at radius 1 is 1.03 bits per heavy atom. The summed E-state index contributed by atoms with van der Waals surface area (Å²) in [5, 5.41) is 7.92. The highest BCUT2D eigenvalue weighted by Crippen LogP contribution is 2.38. The summed E-state index contributed by atoms with van der Waals surface area (Å²) >= 11 is 7.58. The van der Waals surface area contributed by atoms with Crippen LogP contribution in [-0.2, 0) is 6.54 Å². The topological polar surface area (TPSA) is 76.7 Å². The Labute approximate surface area is 176 Å². The first-order chi connectivity index (χ1) is 14.1. The van der Waals surface area contributed by atoms with Crippen molar-refractivity contribution in [2.24, 2.45) is 0 Å². The molecule has 2 heterocycles. The number of hydrogen-bond acceptors (Lipinski definition) is 5. The highest BCUT2D eigenvalue weighted by Gasteiger charge is 2.18. The van der Waals surface area contributed by atoms with Gasteiger partial charge in [-0.15, -0.1) is 11.3 Å². The normalized spacial score (nSPS) is 12.3. The van der Waals surface area contributed by atoms with E-state index >= 15 is 0 Å². The molecule has 0 saturated carbocycles. The van der Waals surface area contributed by atoms with E-state index in [1.54, 1.807) is 48.5 Å². The van der Waals surface area contributed by atoms with E-state index in [1.807, 2.05) is 5.38 Å². The molecule has 0 spiro atoms. The lowest BCUT2D eigenvalue weighted by atomic mass is 10.1. The number of hydrogen-bond donors (Lipinski definition) is 2. The van der Waals surface area contributed by atoms with Crippen LogP contribution in [0.25, 0.3) is 0 Å². The van der Waals surface area contributed by atoms with Crippen LogP contribution in [0.15, 0.2) is 53.9 Å². The van der Waals surface area contributed by atoms with Crippen molar-refractivity contribution in [3.8, 4) is 11.5 Å². The van der Waals surface area contributed by atoms with Gasteiger partial charge in [-0.25, -0.2) is 0 Å². The van der Waals surface area contributed by atoms with E-state index in [0.717, 1.165) is 5.56 Å². The molecular weight excluding hydrogens is 412 g/mol. The fourth-order valence-electron chi connectivity index (χ4n) is 2.93. The zero-order valence-corrected chi connectivity index (χ0v) is 16.8. The van der Waals surface area contributed by atoms with E-state index in [1.165, 1.54) is 11.3 Å². The smallest absolute Gasteiger partial charge is 0.265 e. The number of anilines is 1. The lowest BCUT2D eigenvalue weighted by molar-refractivity contribution is 0.0951. The first-order valence-electron chi connectivity index (χ1n) is 8.92. The highest BCUT2D eigenvalue weighted by molar-refractivity contribution is 7.12. The molecule has 2 aromatic carbocycles. The molecule has 0 radical (unpaired) electrons. The predicted octanol–water partition coefficient (Wildman–Crippen LogP) is 4.36. The number of nitrogens with one attached hydrogen (secondary N) is 2. The van der Waals surface area contributed by atoms with Crippen molar-refractivity contribution in [3.63, 3.8) is 0 Å². The van der Waals surface area contributed by atoms with Crippen molar-refractivity contribution in [3.05, 3.63) is 74.9 Å². The Bertz CT molecular complexity index is 1050. The lowest BCUT2D eigenvalue weighted by Crippen LogP contribution is -2.25. The number of fused-ring (bicyclic) bond motifs is 1. The van der Waals surface area contributed by atoms with Crippen LogP contribution in [0.2, 0.25) is 5.02 Å². The van der Waals surface area contributed by atoms with Crippen LogP contribution in [0, 0.1) is 0 Å². The van der Waals surface area contributed by atoms with E-state index in [4.69, 9.17) is 21.1 Å². The van der Waals surface area contributed by atoms with E-state index < -0.39 is 0 Å². The van der Waals surface area contributed by atoms with Gasteiger partial charge in [0.05, 0.1) is 21.2 Å². The fraction of sp³-hybridized carbons (Fsp3) is 0.143. The maximum atomic E-state index is 12.7. The van der Waals surface area contributed by atoms with Gasteiger partial charge in [0, 0.05) is 6.54 Å². The Kier molecular flexibility index (Phi) is 5.69. The number of ether oxygens (including phenoxy) is 2. The average molecular weight is 429 g/mol. The van der Waals surface area contributed by atoms with E-state index in [-0.39, 0.29) is 18.4 Å². The molecule has 0 bridgehead atoms. The van der Waals surface area contributed by atoms with Gasteiger partial charge in [0.1, 0.15) is 13.2 Å². The van der Waals surface area contributed by atoms with Crippen LogP contribution in [0.3, 0.4) is 0 Å². The van der Waals surface area contributed by atoms with Crippen LogP contribution in [0.4, 0.5) is 5.69 Å². The largest absolute Gasteiger partial charge is 0.486 e. The van der Waals surface area contributed by atoms with Gasteiger partial charge in [0.25, 0.3) is 11.8 Å². The molecule has 1 aliphatic rings. The molecule has 3 aromatic rings. The standard InChI is InChI=1S/C21H17ClN2O4S/c22-15-10-13(11-17-19(15)28-8-7-27-17)12-23-20(25)14-4-1-2-5-16(14)24-21(26)18-6-3-9-29-18/h1-6,9-11H,7-8,12H2,(H,23,25)(H,24,26). The molecule has 2 amide bonds. The summed E-state index contributed by atoms with van der Waals surface area (Å²) in [5.41, 5.74) is 1.61. The zero-order chi connectivity index (χ0) is 20.2. The van der Waals surface area contributed by atoms with E-state index in [2.05, 4.69) is 10.6 Å². The third kappa shape index (κ3) is 4.36. The van der Waals surface area contributed by atoms with Crippen LogP contribution in [-0.4, -0.2) is 25.0 Å². The number of para-hydroxylation sites is 1. The summed E-state index contributed by atoms with van der Waals surface area (Å²) in [6, 6.07) is 13.9. The van der Waals surface area contributed by atoms with E-state index in [9.17, 15) is 9.59 Å². The third-order valence-corrected chi connectivity index (χ3v) is 5.42. The van der Waals surface area contributed by atoms with Gasteiger partial charge in [0.15, 0.2) is 11.5 Å². The molecule has 0 fully saturated rings. The number of thiophene rings is 1. The predicted molar refractivity (Wildman–Crippen MR) is 112 cm³/mol. The van der Waals surface area contributed by atoms with Crippen molar-refractivity contribution < 1.29 is 19.1 Å². The summed E-state index contributed by atoms with van der Waals surface area (Å²) in [6.45, 7) is 1.16. The molecule has 4 rings (SSSR count). The first kappa shape index (κ1) is 19.3. The Hall–Kier alpha value is -3.03. The molecule has 0 aliphatic carbocycles. The minimum atomic E-state index is -0.307. The van der Waals surface area contributed by atoms with Gasteiger partial charge in [-0.3, -0.25) is 9.59 Å². The van der Waals surface area contributed by atoms with E-state index in [0.29, 0.717) is 45.9 Å². The summed E-state index contributed by atoms with van der Waals surface area (Å²) in [6.07, 6.45) is 0. The first-order valence-corrected chi connectivity index (χ1v) is 10.2. The number of amides is 2. The van der Waals surface area contributed by atoms with Gasteiger partial charge in [-0.2, -0.15) is 0 Å². The van der Waals surface area contributed by atoms with Crippen LogP contribution in [0.1, 0.15) is 25.6 Å². The molecule has 0 atom stereocenters. The lowest BCUT2D eigenvalue weighted by Gasteiger charge is -2.20. The fourth-order valence-corrected chi connectivity index (χ4v) is 3.83. The Balaban J connectivity index is 1.47. The Morgan fingerprint density at radius 2 is 1.86 bits per heavy atom. The summed E-state index contributed by atoms with van der Waals surface area (Å²) < 4.78 is 11.1. The van der Waals surface area contributed by atoms with Crippen molar-refractivity contribution >= 4 is 40.4 Å². The average Bonchev–Trinajstić information content (AvgIpc) is 3.28. The number of halogens is 1. The SMILES string of the molecule is O=C(Nc1ccccc1C(=O)NCc1cc(Cl)c2c(c1)OCCO2)c1cccs1. The second kappa shape index (κ2) is 8.55. The van der Waals surface area contributed by atoms with Crippen molar-refractivity contribution in [2.45, 2.75) is 6.54 Å². The number of benzene rings is 2. The molecule has 1 aromatic heterocycles. The molecule has 2 N–H and O–H groups in total. The molecule has 0 saturated heterocycles. The maximum absolute atomic E-state index is 12.7. The Morgan fingerprint density at radius 3 is 2.69 bits per heavy atom. The quantitative estimate of drug-likeness (QED) is 0.633. The number of carbonyl (C=O) groups excluding carboxylic acids is 2. The second-order valence-electron chi connectivity index (χ2n) is 6.26. The number of rotatable bonds is 5. The molecule has 8 heteroatoms. The zero-order valence-electron chi connectivity index (χ0n) is 15.2. The van der Waals surface area contributed by atoms with Crippen molar-refractivity contribution in [1.82, 2.24) is 5.32 Å². The summed E-state index contributed by atoms with van der Waals surface area (Å²) in [5.74, 6) is 0.531. The van der Waals surface area contributed by atoms with Crippen molar-refractivity contribution in [1.29, 1.82) is 0 Å². The van der Waals surface area contributed by atoms with Gasteiger partial charge in [-0.05, 0) is 41.3 Å². The molecular formula is C21H17ClN2O4S. The van der Waals surface area contributed by atoms with Crippen LogP contribution in [0.5, 0.6) is 11.5 Å². The molecule has 6 nitrogen and oxygen atoms in total. The molecule has 148 valence electrons.